The third-order valence-electron chi connectivity index (χ3n) is 4.66. The second-order valence-corrected chi connectivity index (χ2v) is 7.03. The zero-order valence-corrected chi connectivity index (χ0v) is 16.9. The molecule has 2 heterocycles. The lowest BCUT2D eigenvalue weighted by atomic mass is 9.95. The van der Waals surface area contributed by atoms with E-state index in [0.717, 1.165) is 12.0 Å². The van der Waals surface area contributed by atoms with Crippen molar-refractivity contribution in [1.82, 2.24) is 14.8 Å². The monoisotopic (exact) mass is 386 g/mol. The Kier molecular flexibility index (Phi) is 5.87. The van der Waals surface area contributed by atoms with Crippen LogP contribution in [0.1, 0.15) is 38.8 Å². The maximum absolute atomic E-state index is 12.5. The Morgan fingerprint density at radius 2 is 2.07 bits per heavy atom. The molecule has 1 aliphatic rings. The van der Waals surface area contributed by atoms with Crippen LogP contribution < -0.4 is 14.8 Å². The summed E-state index contributed by atoms with van der Waals surface area (Å²) in [4.78, 5) is 16.7. The molecule has 1 atom stereocenters. The first kappa shape index (κ1) is 19.7. The van der Waals surface area contributed by atoms with Gasteiger partial charge in [0.05, 0.1) is 26.4 Å². The number of fused-ring (bicyclic) bond motifs is 1. The fourth-order valence-corrected chi connectivity index (χ4v) is 3.15. The number of carbonyl (C=O) groups excluding carboxylic acids is 1. The number of aromatic nitrogens is 3. The molecule has 0 aliphatic carbocycles. The van der Waals surface area contributed by atoms with E-state index in [0.29, 0.717) is 41.2 Å². The molecule has 0 unspecified atom stereocenters. The Morgan fingerprint density at radius 3 is 2.75 bits per heavy atom. The molecule has 8 heteroatoms. The number of rotatable bonds is 7. The van der Waals surface area contributed by atoms with Crippen LogP contribution in [0.25, 0.3) is 0 Å². The van der Waals surface area contributed by atoms with Gasteiger partial charge in [0.15, 0.2) is 11.5 Å². The van der Waals surface area contributed by atoms with Crippen LogP contribution in [-0.4, -0.2) is 41.6 Å². The number of nitrogens with zero attached hydrogens (tertiary/aromatic N) is 3. The minimum atomic E-state index is -0.482. The number of anilines is 1. The molecule has 0 bridgehead atoms. The van der Waals surface area contributed by atoms with Gasteiger partial charge in [0.25, 0.3) is 0 Å². The second kappa shape index (κ2) is 8.33. The Bertz CT molecular complexity index is 888. The first-order valence-corrected chi connectivity index (χ1v) is 9.22. The molecule has 8 nitrogen and oxygen atoms in total. The molecule has 28 heavy (non-hydrogen) atoms. The van der Waals surface area contributed by atoms with Crippen LogP contribution in [-0.2, 0) is 9.53 Å². The lowest BCUT2D eigenvalue weighted by Crippen LogP contribution is -2.29. The van der Waals surface area contributed by atoms with Crippen LogP contribution in [0.15, 0.2) is 35.8 Å². The van der Waals surface area contributed by atoms with Crippen molar-refractivity contribution in [2.75, 3.05) is 26.1 Å². The van der Waals surface area contributed by atoms with Gasteiger partial charge in [-0.25, -0.2) is 9.48 Å². The SMILES string of the molecule is COC(=O)C1=C(C)Nc2ncnn2[C@@H]1c1ccc(OCCC(C)C)c(OC)c1. The summed E-state index contributed by atoms with van der Waals surface area (Å²) in [6.07, 6.45) is 2.40. The summed E-state index contributed by atoms with van der Waals surface area (Å²) in [5, 5.41) is 7.39. The van der Waals surface area contributed by atoms with Gasteiger partial charge in [-0.1, -0.05) is 19.9 Å². The summed E-state index contributed by atoms with van der Waals surface area (Å²) < 4.78 is 18.1. The average Bonchev–Trinajstić information content (AvgIpc) is 3.14. The smallest absolute Gasteiger partial charge is 0.338 e. The molecule has 1 aromatic heterocycles. The van der Waals surface area contributed by atoms with Gasteiger partial charge >= 0.3 is 5.97 Å². The van der Waals surface area contributed by atoms with Crippen molar-refractivity contribution < 1.29 is 19.0 Å². The van der Waals surface area contributed by atoms with Gasteiger partial charge < -0.3 is 19.5 Å². The van der Waals surface area contributed by atoms with Crippen molar-refractivity contribution in [3.8, 4) is 11.5 Å². The van der Waals surface area contributed by atoms with Gasteiger partial charge in [-0.05, 0) is 37.0 Å². The Hall–Kier alpha value is -3.03. The zero-order valence-electron chi connectivity index (χ0n) is 16.9. The highest BCUT2D eigenvalue weighted by Gasteiger charge is 2.34. The molecule has 1 aliphatic heterocycles. The van der Waals surface area contributed by atoms with Crippen molar-refractivity contribution >= 4 is 11.9 Å². The molecule has 1 aromatic carbocycles. The van der Waals surface area contributed by atoms with E-state index in [-0.39, 0.29) is 0 Å². The van der Waals surface area contributed by atoms with E-state index >= 15 is 0 Å². The Labute approximate surface area is 164 Å². The van der Waals surface area contributed by atoms with E-state index in [1.54, 1.807) is 11.8 Å². The number of hydrogen-bond acceptors (Lipinski definition) is 7. The summed E-state index contributed by atoms with van der Waals surface area (Å²) in [6, 6.07) is 5.15. The molecule has 1 N–H and O–H groups in total. The Balaban J connectivity index is 2.00. The first-order chi connectivity index (χ1) is 13.5. The lowest BCUT2D eigenvalue weighted by molar-refractivity contribution is -0.136. The highest BCUT2D eigenvalue weighted by atomic mass is 16.5. The number of nitrogens with one attached hydrogen (secondary N) is 1. The van der Waals surface area contributed by atoms with Crippen LogP contribution >= 0.6 is 0 Å². The molecular formula is C20H26N4O4. The zero-order chi connectivity index (χ0) is 20.3. The van der Waals surface area contributed by atoms with Crippen molar-refractivity contribution in [2.24, 2.45) is 5.92 Å². The number of allylic oxidation sites excluding steroid dienone is 1. The van der Waals surface area contributed by atoms with Gasteiger partial charge in [-0.15, -0.1) is 0 Å². The van der Waals surface area contributed by atoms with Gasteiger partial charge in [0.1, 0.15) is 12.4 Å². The van der Waals surface area contributed by atoms with E-state index in [4.69, 9.17) is 14.2 Å². The van der Waals surface area contributed by atoms with Crippen LogP contribution in [0.3, 0.4) is 0 Å². The molecular weight excluding hydrogens is 360 g/mol. The third-order valence-corrected chi connectivity index (χ3v) is 4.66. The second-order valence-electron chi connectivity index (χ2n) is 7.03. The first-order valence-electron chi connectivity index (χ1n) is 9.22. The third kappa shape index (κ3) is 3.81. The fraction of sp³-hybridized carbons (Fsp3) is 0.450. The highest BCUT2D eigenvalue weighted by Crippen LogP contribution is 2.38. The van der Waals surface area contributed by atoms with Crippen molar-refractivity contribution in [2.45, 2.75) is 33.2 Å². The van der Waals surface area contributed by atoms with Gasteiger partial charge in [0.2, 0.25) is 5.95 Å². The van der Waals surface area contributed by atoms with Crippen LogP contribution in [0.4, 0.5) is 5.95 Å². The molecule has 0 amide bonds. The summed E-state index contributed by atoms with van der Waals surface area (Å²) >= 11 is 0. The van der Waals surface area contributed by atoms with E-state index in [9.17, 15) is 4.79 Å². The maximum atomic E-state index is 12.5. The van der Waals surface area contributed by atoms with Gasteiger partial charge in [0, 0.05) is 5.70 Å². The number of benzene rings is 1. The van der Waals surface area contributed by atoms with Crippen molar-refractivity contribution in [3.05, 3.63) is 41.4 Å². The molecule has 2 aromatic rings. The maximum Gasteiger partial charge on any atom is 0.338 e. The van der Waals surface area contributed by atoms with E-state index in [2.05, 4.69) is 29.2 Å². The predicted molar refractivity (Wildman–Crippen MR) is 104 cm³/mol. The minimum Gasteiger partial charge on any atom is -0.493 e. The van der Waals surface area contributed by atoms with E-state index in [1.807, 2.05) is 25.1 Å². The summed E-state index contributed by atoms with van der Waals surface area (Å²) in [5.74, 6) is 1.96. The normalized spacial score (nSPS) is 15.9. The predicted octanol–water partition coefficient (Wildman–Crippen LogP) is 3.17. The van der Waals surface area contributed by atoms with Gasteiger partial charge in [-0.2, -0.15) is 10.1 Å². The number of methoxy groups -OCH3 is 2. The standard InChI is InChI=1S/C20H26N4O4/c1-12(2)8-9-28-15-7-6-14(10-16(15)26-4)18-17(19(25)27-5)13(3)23-20-21-11-22-24(18)20/h6-7,10-12,18H,8-9H2,1-5H3,(H,21,22,23)/t18-/m1/s1. The molecule has 150 valence electrons. The fourth-order valence-electron chi connectivity index (χ4n) is 3.15. The molecule has 3 rings (SSSR count). The summed E-state index contributed by atoms with van der Waals surface area (Å²) in [7, 11) is 2.96. The quantitative estimate of drug-likeness (QED) is 0.731. The number of hydrogen-bond donors (Lipinski definition) is 1. The minimum absolute atomic E-state index is 0.424. The van der Waals surface area contributed by atoms with Crippen LogP contribution in [0.2, 0.25) is 0 Å². The molecule has 0 spiro atoms. The topological polar surface area (TPSA) is 87.5 Å². The molecule has 0 radical (unpaired) electrons. The van der Waals surface area contributed by atoms with Gasteiger partial charge in [-0.3, -0.25) is 0 Å². The largest absolute Gasteiger partial charge is 0.493 e. The Morgan fingerprint density at radius 1 is 1.29 bits per heavy atom. The average molecular weight is 386 g/mol. The van der Waals surface area contributed by atoms with E-state index < -0.39 is 12.0 Å². The summed E-state index contributed by atoms with van der Waals surface area (Å²) in [6.45, 7) is 6.73. The van der Waals surface area contributed by atoms with E-state index in [1.165, 1.54) is 13.4 Å². The van der Waals surface area contributed by atoms with Crippen LogP contribution in [0, 0.1) is 5.92 Å². The lowest BCUT2D eigenvalue weighted by Gasteiger charge is -2.28. The summed E-state index contributed by atoms with van der Waals surface area (Å²) in [5.41, 5.74) is 1.96. The number of carbonyl (C=O) groups is 1. The molecule has 0 saturated heterocycles. The van der Waals surface area contributed by atoms with Crippen LogP contribution in [0.5, 0.6) is 11.5 Å². The molecule has 0 saturated carbocycles. The number of esters is 1. The van der Waals surface area contributed by atoms with Crippen molar-refractivity contribution in [3.63, 3.8) is 0 Å². The highest BCUT2D eigenvalue weighted by molar-refractivity contribution is 5.92. The van der Waals surface area contributed by atoms with Crippen molar-refractivity contribution in [1.29, 1.82) is 0 Å². The number of ether oxygens (including phenoxy) is 3. The molecule has 0 fully saturated rings.